The fourth-order valence-electron chi connectivity index (χ4n) is 1.64. The monoisotopic (exact) mass is 282 g/mol. The number of hydrogen-bond donors (Lipinski definition) is 2. The van der Waals surface area contributed by atoms with E-state index in [1.165, 1.54) is 12.0 Å². The summed E-state index contributed by atoms with van der Waals surface area (Å²) >= 11 is 0. The minimum Gasteiger partial charge on any atom is -0.484 e. The zero-order chi connectivity index (χ0) is 15.0. The molecule has 112 valence electrons. The van der Waals surface area contributed by atoms with Gasteiger partial charge in [0.1, 0.15) is 5.75 Å². The average Bonchev–Trinajstić information content (AvgIpc) is 2.45. The molecule has 0 saturated heterocycles. The number of carbonyl (C=O) groups is 1. The van der Waals surface area contributed by atoms with Gasteiger partial charge in [-0.2, -0.15) is 0 Å². The van der Waals surface area contributed by atoms with Crippen molar-refractivity contribution in [3.63, 3.8) is 0 Å². The predicted octanol–water partition coefficient (Wildman–Crippen LogP) is -0.0102. The second-order valence-electron chi connectivity index (χ2n) is 4.52. The second kappa shape index (κ2) is 8.52. The van der Waals surface area contributed by atoms with E-state index in [0.717, 1.165) is 5.56 Å². The molecule has 0 spiro atoms. The molecule has 0 heterocycles. The van der Waals surface area contributed by atoms with Gasteiger partial charge in [0.2, 0.25) is 0 Å². The molecular formula is C14H22N2O4. The molecule has 1 aromatic carbocycles. The molecule has 0 radical (unpaired) electrons. The highest BCUT2D eigenvalue weighted by molar-refractivity contribution is 5.77. The van der Waals surface area contributed by atoms with E-state index in [-0.39, 0.29) is 25.7 Å². The van der Waals surface area contributed by atoms with E-state index in [4.69, 9.17) is 15.2 Å². The maximum absolute atomic E-state index is 11.8. The Bertz CT molecular complexity index is 408. The zero-order valence-electron chi connectivity index (χ0n) is 11.9. The first-order chi connectivity index (χ1) is 9.56. The van der Waals surface area contributed by atoms with E-state index in [2.05, 4.69) is 0 Å². The topological polar surface area (TPSA) is 85.0 Å². The molecule has 0 aliphatic rings. The highest BCUT2D eigenvalue weighted by atomic mass is 16.5. The number of nitrogens with zero attached hydrogens (tertiary/aromatic N) is 1. The summed E-state index contributed by atoms with van der Waals surface area (Å²) in [4.78, 5) is 13.2. The molecule has 6 nitrogen and oxygen atoms in total. The fraction of sp³-hybridized carbons (Fsp3) is 0.500. The number of carbonyl (C=O) groups excluding carboxylic acids is 1. The van der Waals surface area contributed by atoms with Crippen molar-refractivity contribution in [3.8, 4) is 5.75 Å². The molecule has 0 aliphatic carbocycles. The minimum absolute atomic E-state index is 0.0713. The number of aliphatic hydroxyl groups is 1. The van der Waals surface area contributed by atoms with Crippen LogP contribution in [0.15, 0.2) is 24.3 Å². The maximum Gasteiger partial charge on any atom is 0.260 e. The molecule has 0 fully saturated rings. The first kappa shape index (κ1) is 16.4. The lowest BCUT2D eigenvalue weighted by Crippen LogP contribution is -2.38. The first-order valence-corrected chi connectivity index (χ1v) is 6.39. The zero-order valence-corrected chi connectivity index (χ0v) is 11.9. The van der Waals surface area contributed by atoms with Gasteiger partial charge < -0.3 is 25.2 Å². The molecule has 1 atom stereocenters. The molecule has 3 N–H and O–H groups in total. The Morgan fingerprint density at radius 2 is 2.05 bits per heavy atom. The number of amides is 1. The molecule has 0 bridgehead atoms. The molecule has 1 unspecified atom stereocenters. The van der Waals surface area contributed by atoms with E-state index in [1.807, 2.05) is 12.1 Å². The van der Waals surface area contributed by atoms with Crippen LogP contribution in [0.1, 0.15) is 5.56 Å². The van der Waals surface area contributed by atoms with Crippen LogP contribution in [0.3, 0.4) is 0 Å². The lowest BCUT2D eigenvalue weighted by molar-refractivity contribution is -0.133. The standard InChI is InChI=1S/C14H22N2O4/c1-16(8-12(17)9-19-2)14(18)10-20-13-5-3-11(7-15)4-6-13/h3-6,12,17H,7-10,15H2,1-2H3. The number of likely N-dealkylation sites (N-methyl/N-ethyl adjacent to an activating group) is 1. The van der Waals surface area contributed by atoms with Crippen LogP contribution < -0.4 is 10.5 Å². The summed E-state index contributed by atoms with van der Waals surface area (Å²) in [6, 6.07) is 7.25. The van der Waals surface area contributed by atoms with Crippen LogP contribution in [-0.4, -0.2) is 55.9 Å². The molecule has 1 amide bonds. The third kappa shape index (κ3) is 5.56. The van der Waals surface area contributed by atoms with E-state index in [9.17, 15) is 9.90 Å². The third-order valence-electron chi connectivity index (χ3n) is 2.79. The number of ether oxygens (including phenoxy) is 2. The van der Waals surface area contributed by atoms with Crippen LogP contribution in [0.5, 0.6) is 5.75 Å². The maximum atomic E-state index is 11.8. The van der Waals surface area contributed by atoms with Gasteiger partial charge in [0.05, 0.1) is 12.7 Å². The molecule has 6 heteroatoms. The molecule has 1 rings (SSSR count). The highest BCUT2D eigenvalue weighted by Crippen LogP contribution is 2.11. The second-order valence-corrected chi connectivity index (χ2v) is 4.52. The number of aliphatic hydroxyl groups excluding tert-OH is 1. The van der Waals surface area contributed by atoms with Gasteiger partial charge >= 0.3 is 0 Å². The number of rotatable bonds is 8. The fourth-order valence-corrected chi connectivity index (χ4v) is 1.64. The van der Waals surface area contributed by atoms with Crippen molar-refractivity contribution >= 4 is 5.91 Å². The van der Waals surface area contributed by atoms with Gasteiger partial charge in [0.25, 0.3) is 5.91 Å². The van der Waals surface area contributed by atoms with Gasteiger partial charge in [-0.25, -0.2) is 0 Å². The molecule has 20 heavy (non-hydrogen) atoms. The van der Waals surface area contributed by atoms with E-state index in [0.29, 0.717) is 12.3 Å². The summed E-state index contributed by atoms with van der Waals surface area (Å²) < 4.78 is 10.2. The summed E-state index contributed by atoms with van der Waals surface area (Å²) in [5.41, 5.74) is 6.50. The van der Waals surface area contributed by atoms with Gasteiger partial charge in [0, 0.05) is 27.2 Å². The lowest BCUT2D eigenvalue weighted by atomic mass is 10.2. The molecular weight excluding hydrogens is 260 g/mol. The van der Waals surface area contributed by atoms with Gasteiger partial charge in [-0.05, 0) is 17.7 Å². The normalized spacial score (nSPS) is 12.0. The lowest BCUT2D eigenvalue weighted by Gasteiger charge is -2.20. The van der Waals surface area contributed by atoms with Crippen LogP contribution in [0, 0.1) is 0 Å². The van der Waals surface area contributed by atoms with E-state index in [1.54, 1.807) is 19.2 Å². The van der Waals surface area contributed by atoms with Crippen molar-refractivity contribution in [2.24, 2.45) is 5.73 Å². The van der Waals surface area contributed by atoms with Crippen LogP contribution in [-0.2, 0) is 16.1 Å². The van der Waals surface area contributed by atoms with Crippen molar-refractivity contribution < 1.29 is 19.4 Å². The van der Waals surface area contributed by atoms with E-state index < -0.39 is 6.10 Å². The summed E-state index contributed by atoms with van der Waals surface area (Å²) in [6.07, 6.45) is -0.696. The Labute approximate surface area is 119 Å². The van der Waals surface area contributed by atoms with E-state index >= 15 is 0 Å². The quantitative estimate of drug-likeness (QED) is 0.700. The summed E-state index contributed by atoms with van der Waals surface area (Å²) in [7, 11) is 3.11. The average molecular weight is 282 g/mol. The highest BCUT2D eigenvalue weighted by Gasteiger charge is 2.14. The first-order valence-electron chi connectivity index (χ1n) is 6.39. The van der Waals surface area contributed by atoms with Gasteiger partial charge in [-0.1, -0.05) is 12.1 Å². The minimum atomic E-state index is -0.696. The van der Waals surface area contributed by atoms with Crippen molar-refractivity contribution in [2.75, 3.05) is 33.9 Å². The number of methoxy groups -OCH3 is 1. The van der Waals surface area contributed by atoms with Crippen molar-refractivity contribution in [1.82, 2.24) is 4.90 Å². The third-order valence-corrected chi connectivity index (χ3v) is 2.79. The summed E-state index contributed by atoms with van der Waals surface area (Å²) in [6.45, 7) is 0.804. The Balaban J connectivity index is 2.37. The Morgan fingerprint density at radius 3 is 2.60 bits per heavy atom. The van der Waals surface area contributed by atoms with Gasteiger partial charge in [-0.15, -0.1) is 0 Å². The van der Waals surface area contributed by atoms with Crippen molar-refractivity contribution in [3.05, 3.63) is 29.8 Å². The Kier molecular flexibility index (Phi) is 7.00. The van der Waals surface area contributed by atoms with Crippen LogP contribution in [0.2, 0.25) is 0 Å². The number of nitrogens with two attached hydrogens (primary N) is 1. The Morgan fingerprint density at radius 1 is 1.40 bits per heavy atom. The van der Waals surface area contributed by atoms with Crippen molar-refractivity contribution in [2.45, 2.75) is 12.6 Å². The van der Waals surface area contributed by atoms with Gasteiger partial charge in [0.15, 0.2) is 6.61 Å². The molecule has 1 aromatic rings. The number of benzene rings is 1. The predicted molar refractivity (Wildman–Crippen MR) is 75.3 cm³/mol. The van der Waals surface area contributed by atoms with Crippen molar-refractivity contribution in [1.29, 1.82) is 0 Å². The summed E-state index contributed by atoms with van der Waals surface area (Å²) in [5, 5.41) is 9.54. The molecule has 0 aromatic heterocycles. The Hall–Kier alpha value is -1.63. The molecule has 0 aliphatic heterocycles. The van der Waals surface area contributed by atoms with Crippen LogP contribution >= 0.6 is 0 Å². The smallest absolute Gasteiger partial charge is 0.260 e. The SMILES string of the molecule is COCC(O)CN(C)C(=O)COc1ccc(CN)cc1. The summed E-state index contributed by atoms with van der Waals surface area (Å²) in [5.74, 6) is 0.407. The van der Waals surface area contributed by atoms with Crippen LogP contribution in [0.4, 0.5) is 0 Å². The number of hydrogen-bond acceptors (Lipinski definition) is 5. The van der Waals surface area contributed by atoms with Crippen LogP contribution in [0.25, 0.3) is 0 Å². The molecule has 0 saturated carbocycles. The largest absolute Gasteiger partial charge is 0.484 e. The van der Waals surface area contributed by atoms with Gasteiger partial charge in [-0.3, -0.25) is 4.79 Å².